The average molecular weight is 426 g/mol. The second-order valence-corrected chi connectivity index (χ2v) is 8.69. The van der Waals surface area contributed by atoms with Crippen LogP contribution in [0.25, 0.3) is 0 Å². The summed E-state index contributed by atoms with van der Waals surface area (Å²) in [5, 5.41) is 0. The van der Waals surface area contributed by atoms with E-state index in [2.05, 4.69) is 36.6 Å². The lowest BCUT2D eigenvalue weighted by Gasteiger charge is -2.28. The van der Waals surface area contributed by atoms with Gasteiger partial charge in [-0.15, -0.1) is 0 Å². The van der Waals surface area contributed by atoms with Crippen LogP contribution in [-0.2, 0) is 10.0 Å². The molecule has 1 aliphatic rings. The lowest BCUT2D eigenvalue weighted by Crippen LogP contribution is -2.51. The van der Waals surface area contributed by atoms with Crippen molar-refractivity contribution in [1.82, 2.24) is 4.72 Å². The van der Waals surface area contributed by atoms with Gasteiger partial charge in [0.05, 0.1) is 4.90 Å². The Labute approximate surface area is 136 Å². The average Bonchev–Trinajstić information content (AvgIpc) is 2.82. The molecule has 0 saturated heterocycles. The minimum Gasteiger partial charge on any atom is -0.329 e. The smallest absolute Gasteiger partial charge is 0.242 e. The van der Waals surface area contributed by atoms with Crippen molar-refractivity contribution in [2.24, 2.45) is 5.73 Å². The van der Waals surface area contributed by atoms with Crippen molar-refractivity contribution in [3.05, 3.63) is 26.6 Å². The molecular formula is C13H18Br2N2O2S. The van der Waals surface area contributed by atoms with Gasteiger partial charge in [0.1, 0.15) is 0 Å². The van der Waals surface area contributed by atoms with Gasteiger partial charge in [0.25, 0.3) is 0 Å². The van der Waals surface area contributed by atoms with Crippen molar-refractivity contribution in [3.63, 3.8) is 0 Å². The van der Waals surface area contributed by atoms with Crippen LogP contribution in [0.3, 0.4) is 0 Å². The van der Waals surface area contributed by atoms with Gasteiger partial charge in [-0.25, -0.2) is 13.1 Å². The SMILES string of the molecule is Cc1cc(Br)c(S(=O)(=O)NC2(CN)CCCC2)cc1Br. The first-order valence-electron chi connectivity index (χ1n) is 6.49. The number of nitrogens with two attached hydrogens (primary N) is 1. The molecule has 20 heavy (non-hydrogen) atoms. The van der Waals surface area contributed by atoms with E-state index in [0.29, 0.717) is 11.0 Å². The van der Waals surface area contributed by atoms with Crippen molar-refractivity contribution < 1.29 is 8.42 Å². The molecule has 0 heterocycles. The molecule has 0 aromatic heterocycles. The molecule has 0 unspecified atom stereocenters. The molecule has 0 aliphatic heterocycles. The van der Waals surface area contributed by atoms with E-state index < -0.39 is 15.6 Å². The van der Waals surface area contributed by atoms with Gasteiger partial charge < -0.3 is 5.73 Å². The predicted molar refractivity (Wildman–Crippen MR) is 87.2 cm³/mol. The molecule has 2 rings (SSSR count). The molecule has 112 valence electrons. The highest BCUT2D eigenvalue weighted by Gasteiger charge is 2.37. The molecule has 1 aliphatic carbocycles. The molecule has 7 heteroatoms. The normalized spacial score (nSPS) is 18.4. The lowest BCUT2D eigenvalue weighted by atomic mass is 10.0. The van der Waals surface area contributed by atoms with Gasteiger partial charge in [-0.05, 0) is 53.4 Å². The maximum Gasteiger partial charge on any atom is 0.242 e. The second kappa shape index (κ2) is 6.04. The fourth-order valence-electron chi connectivity index (χ4n) is 2.57. The van der Waals surface area contributed by atoms with Gasteiger partial charge in [0.15, 0.2) is 0 Å². The molecule has 0 bridgehead atoms. The van der Waals surface area contributed by atoms with Crippen LogP contribution in [0.2, 0.25) is 0 Å². The summed E-state index contributed by atoms with van der Waals surface area (Å²) < 4.78 is 29.4. The maximum absolute atomic E-state index is 12.6. The van der Waals surface area contributed by atoms with Crippen molar-refractivity contribution >= 4 is 41.9 Å². The summed E-state index contributed by atoms with van der Waals surface area (Å²) in [5.74, 6) is 0. The largest absolute Gasteiger partial charge is 0.329 e. The number of hydrogen-bond acceptors (Lipinski definition) is 3. The number of nitrogens with one attached hydrogen (secondary N) is 1. The summed E-state index contributed by atoms with van der Waals surface area (Å²) >= 11 is 6.71. The highest BCUT2D eigenvalue weighted by Crippen LogP contribution is 2.33. The Morgan fingerprint density at radius 1 is 1.25 bits per heavy atom. The first-order chi connectivity index (χ1) is 9.30. The van der Waals surface area contributed by atoms with Crippen molar-refractivity contribution in [1.29, 1.82) is 0 Å². The zero-order chi connectivity index (χ0) is 15.0. The Morgan fingerprint density at radius 3 is 2.40 bits per heavy atom. The maximum atomic E-state index is 12.6. The van der Waals surface area contributed by atoms with E-state index in [9.17, 15) is 8.42 Å². The van der Waals surface area contributed by atoms with Crippen molar-refractivity contribution in [2.45, 2.75) is 43.0 Å². The van der Waals surface area contributed by atoms with Crippen LogP contribution in [0.1, 0.15) is 31.2 Å². The molecule has 0 radical (unpaired) electrons. The number of benzene rings is 1. The third-order valence-electron chi connectivity index (χ3n) is 3.80. The van der Waals surface area contributed by atoms with E-state index in [1.54, 1.807) is 12.1 Å². The first kappa shape index (κ1) is 16.4. The lowest BCUT2D eigenvalue weighted by molar-refractivity contribution is 0.399. The minimum atomic E-state index is -3.59. The quantitative estimate of drug-likeness (QED) is 0.778. The molecule has 4 nitrogen and oxygen atoms in total. The monoisotopic (exact) mass is 424 g/mol. The molecule has 1 fully saturated rings. The molecule has 3 N–H and O–H groups in total. The molecule has 1 aromatic rings. The van der Waals surface area contributed by atoms with E-state index in [0.717, 1.165) is 35.7 Å². The minimum absolute atomic E-state index is 0.245. The van der Waals surface area contributed by atoms with Gasteiger partial charge >= 0.3 is 0 Å². The summed E-state index contributed by atoms with van der Waals surface area (Å²) in [7, 11) is -3.59. The van der Waals surface area contributed by atoms with E-state index in [1.165, 1.54) is 0 Å². The Morgan fingerprint density at radius 2 is 1.85 bits per heavy atom. The standard InChI is InChI=1S/C13H18Br2N2O2S/c1-9-6-11(15)12(7-10(9)14)20(18,19)17-13(8-16)4-2-3-5-13/h6-7,17H,2-5,8,16H2,1H3. The third kappa shape index (κ3) is 3.27. The van der Waals surface area contributed by atoms with Crippen molar-refractivity contribution in [2.75, 3.05) is 6.54 Å². The highest BCUT2D eigenvalue weighted by atomic mass is 79.9. The number of hydrogen-bond donors (Lipinski definition) is 2. The Kier molecular flexibility index (Phi) is 4.96. The Bertz CT molecular complexity index is 611. The molecule has 0 spiro atoms. The topological polar surface area (TPSA) is 72.2 Å². The van der Waals surface area contributed by atoms with Crippen molar-refractivity contribution in [3.8, 4) is 0 Å². The Balaban J connectivity index is 2.38. The van der Waals surface area contributed by atoms with Gasteiger partial charge in [0, 0.05) is 21.0 Å². The fraction of sp³-hybridized carbons (Fsp3) is 0.538. The van der Waals surface area contributed by atoms with Crippen LogP contribution in [-0.4, -0.2) is 20.5 Å². The molecule has 0 amide bonds. The van der Waals surface area contributed by atoms with Crippen LogP contribution in [0, 0.1) is 6.92 Å². The molecule has 1 aromatic carbocycles. The highest BCUT2D eigenvalue weighted by molar-refractivity contribution is 9.11. The van der Waals surface area contributed by atoms with Gasteiger partial charge in [0.2, 0.25) is 10.0 Å². The number of rotatable bonds is 4. The Hall–Kier alpha value is 0.0500. The third-order valence-corrected chi connectivity index (χ3v) is 7.20. The zero-order valence-corrected chi connectivity index (χ0v) is 15.2. The number of sulfonamides is 1. The summed E-state index contributed by atoms with van der Waals surface area (Å²) in [5.41, 5.74) is 6.28. The van der Waals surface area contributed by atoms with E-state index in [-0.39, 0.29) is 4.90 Å². The van der Waals surface area contributed by atoms with Gasteiger partial charge in [-0.1, -0.05) is 28.8 Å². The zero-order valence-electron chi connectivity index (χ0n) is 11.2. The van der Waals surface area contributed by atoms with E-state index >= 15 is 0 Å². The fourth-order valence-corrected chi connectivity index (χ4v) is 5.72. The van der Waals surface area contributed by atoms with Crippen LogP contribution < -0.4 is 10.5 Å². The summed E-state index contributed by atoms with van der Waals surface area (Å²) in [6.07, 6.45) is 3.62. The van der Waals surface area contributed by atoms with Gasteiger partial charge in [-0.3, -0.25) is 0 Å². The predicted octanol–water partition coefficient (Wildman–Crippen LogP) is 3.07. The summed E-state index contributed by atoms with van der Waals surface area (Å²) in [6, 6.07) is 3.42. The first-order valence-corrected chi connectivity index (χ1v) is 9.56. The number of halogens is 2. The van der Waals surface area contributed by atoms with Crippen LogP contribution in [0.4, 0.5) is 0 Å². The molecule has 1 saturated carbocycles. The summed E-state index contributed by atoms with van der Waals surface area (Å²) in [4.78, 5) is 0.245. The second-order valence-electron chi connectivity index (χ2n) is 5.33. The van der Waals surface area contributed by atoms with Crippen LogP contribution >= 0.6 is 31.9 Å². The van der Waals surface area contributed by atoms with Crippen LogP contribution in [0.5, 0.6) is 0 Å². The number of aryl methyl sites for hydroxylation is 1. The molecular weight excluding hydrogens is 408 g/mol. The van der Waals surface area contributed by atoms with Gasteiger partial charge in [-0.2, -0.15) is 0 Å². The van der Waals surface area contributed by atoms with E-state index in [1.807, 2.05) is 6.92 Å². The van der Waals surface area contributed by atoms with Crippen LogP contribution in [0.15, 0.2) is 26.0 Å². The molecule has 0 atom stereocenters. The summed E-state index contributed by atoms with van der Waals surface area (Å²) in [6.45, 7) is 2.24. The van der Waals surface area contributed by atoms with E-state index in [4.69, 9.17) is 5.73 Å².